The topological polar surface area (TPSA) is 53.9 Å². The van der Waals surface area contributed by atoms with Gasteiger partial charge in [0.05, 0.1) is 11.9 Å². The Labute approximate surface area is 159 Å². The van der Waals surface area contributed by atoms with Crippen LogP contribution in [-0.4, -0.2) is 32.6 Å². The first-order valence-corrected chi connectivity index (χ1v) is 9.02. The highest BCUT2D eigenvalue weighted by molar-refractivity contribution is 9.10. The third kappa shape index (κ3) is 3.28. The molecule has 0 atom stereocenters. The molecule has 4 rings (SSSR count). The summed E-state index contributed by atoms with van der Waals surface area (Å²) in [6.07, 6.45) is 3.74. The van der Waals surface area contributed by atoms with E-state index in [-0.39, 0.29) is 5.91 Å². The fourth-order valence-electron chi connectivity index (χ4n) is 2.93. The molecule has 0 unspecified atom stereocenters. The number of rotatable bonds is 4. The Kier molecular flexibility index (Phi) is 4.34. The van der Waals surface area contributed by atoms with Crippen molar-refractivity contribution in [2.75, 3.05) is 7.05 Å². The maximum atomic E-state index is 12.7. The van der Waals surface area contributed by atoms with Gasteiger partial charge in [-0.25, -0.2) is 4.68 Å². The molecule has 26 heavy (non-hydrogen) atoms. The molecule has 2 aromatic carbocycles. The standard InChI is InChI=1S/C20H17BrN4O/c1-24(12-14-11-22-25(13-14)17-5-3-2-4-6-17)20(26)19-9-15-7-8-16(21)10-18(15)23-19/h2-11,13,23H,12H2,1H3. The van der Waals surface area contributed by atoms with Crippen LogP contribution in [0.25, 0.3) is 16.6 Å². The number of nitrogens with zero attached hydrogens (tertiary/aromatic N) is 3. The van der Waals surface area contributed by atoms with Gasteiger partial charge >= 0.3 is 0 Å². The third-order valence-electron chi connectivity index (χ3n) is 4.24. The normalized spacial score (nSPS) is 11.0. The first-order chi connectivity index (χ1) is 12.6. The molecule has 0 saturated carbocycles. The van der Waals surface area contributed by atoms with E-state index in [1.165, 1.54) is 0 Å². The van der Waals surface area contributed by atoms with Gasteiger partial charge in [0.1, 0.15) is 5.69 Å². The molecular weight excluding hydrogens is 392 g/mol. The molecule has 0 bridgehead atoms. The summed E-state index contributed by atoms with van der Waals surface area (Å²) in [4.78, 5) is 17.6. The lowest BCUT2D eigenvalue weighted by molar-refractivity contribution is 0.0780. The van der Waals surface area contributed by atoms with Crippen LogP contribution in [-0.2, 0) is 6.54 Å². The molecule has 0 saturated heterocycles. The lowest BCUT2D eigenvalue weighted by Crippen LogP contribution is -2.26. The van der Waals surface area contributed by atoms with Gasteiger partial charge in [-0.15, -0.1) is 0 Å². The highest BCUT2D eigenvalue weighted by Crippen LogP contribution is 2.21. The van der Waals surface area contributed by atoms with Crippen LogP contribution in [0.15, 0.2) is 71.5 Å². The molecule has 0 aliphatic heterocycles. The highest BCUT2D eigenvalue weighted by Gasteiger charge is 2.15. The molecule has 0 radical (unpaired) electrons. The molecule has 2 heterocycles. The molecule has 5 nitrogen and oxygen atoms in total. The Morgan fingerprint density at radius 2 is 2.00 bits per heavy atom. The fourth-order valence-corrected chi connectivity index (χ4v) is 3.29. The van der Waals surface area contributed by atoms with Crippen molar-refractivity contribution >= 4 is 32.7 Å². The number of para-hydroxylation sites is 1. The molecule has 0 aliphatic rings. The summed E-state index contributed by atoms with van der Waals surface area (Å²) >= 11 is 3.45. The summed E-state index contributed by atoms with van der Waals surface area (Å²) < 4.78 is 2.79. The minimum Gasteiger partial charge on any atom is -0.350 e. The van der Waals surface area contributed by atoms with E-state index >= 15 is 0 Å². The van der Waals surface area contributed by atoms with Gasteiger partial charge in [0.2, 0.25) is 0 Å². The quantitative estimate of drug-likeness (QED) is 0.544. The second-order valence-electron chi connectivity index (χ2n) is 6.20. The second kappa shape index (κ2) is 6.80. The summed E-state index contributed by atoms with van der Waals surface area (Å²) in [6.45, 7) is 0.491. The molecule has 4 aromatic rings. The van der Waals surface area contributed by atoms with Crippen molar-refractivity contribution in [3.63, 3.8) is 0 Å². The van der Waals surface area contributed by atoms with Crippen LogP contribution in [0.1, 0.15) is 16.1 Å². The smallest absolute Gasteiger partial charge is 0.270 e. The van der Waals surface area contributed by atoms with Gasteiger partial charge in [-0.05, 0) is 30.3 Å². The third-order valence-corrected chi connectivity index (χ3v) is 4.73. The Morgan fingerprint density at radius 3 is 2.81 bits per heavy atom. The summed E-state index contributed by atoms with van der Waals surface area (Å²) in [5, 5.41) is 5.40. The van der Waals surface area contributed by atoms with Crippen molar-refractivity contribution in [1.82, 2.24) is 19.7 Å². The zero-order valence-corrected chi connectivity index (χ0v) is 15.8. The second-order valence-corrected chi connectivity index (χ2v) is 7.12. The predicted octanol–water partition coefficient (Wildman–Crippen LogP) is 4.39. The zero-order chi connectivity index (χ0) is 18.1. The number of hydrogen-bond acceptors (Lipinski definition) is 2. The zero-order valence-electron chi connectivity index (χ0n) is 14.2. The Balaban J connectivity index is 1.51. The lowest BCUT2D eigenvalue weighted by atomic mass is 10.2. The van der Waals surface area contributed by atoms with E-state index in [9.17, 15) is 4.79 Å². The van der Waals surface area contributed by atoms with Crippen LogP contribution >= 0.6 is 15.9 Å². The minimum absolute atomic E-state index is 0.0511. The Morgan fingerprint density at radius 1 is 1.19 bits per heavy atom. The number of aromatic nitrogens is 3. The largest absolute Gasteiger partial charge is 0.350 e. The van der Waals surface area contributed by atoms with Gasteiger partial charge in [-0.1, -0.05) is 40.2 Å². The highest BCUT2D eigenvalue weighted by atomic mass is 79.9. The first kappa shape index (κ1) is 16.6. The van der Waals surface area contributed by atoms with Gasteiger partial charge in [0.25, 0.3) is 5.91 Å². The van der Waals surface area contributed by atoms with Crippen LogP contribution in [0.4, 0.5) is 0 Å². The first-order valence-electron chi connectivity index (χ1n) is 8.23. The van der Waals surface area contributed by atoms with Crippen LogP contribution in [0.3, 0.4) is 0 Å². The number of carbonyl (C=O) groups is 1. The van der Waals surface area contributed by atoms with E-state index in [4.69, 9.17) is 0 Å². The van der Waals surface area contributed by atoms with Crippen molar-refractivity contribution in [2.24, 2.45) is 0 Å². The molecule has 0 fully saturated rings. The van der Waals surface area contributed by atoms with E-state index in [1.807, 2.05) is 65.5 Å². The molecular formula is C20H17BrN4O. The van der Waals surface area contributed by atoms with Crippen LogP contribution in [0.5, 0.6) is 0 Å². The van der Waals surface area contributed by atoms with Gasteiger partial charge in [-0.3, -0.25) is 4.79 Å². The van der Waals surface area contributed by atoms with E-state index in [1.54, 1.807) is 18.1 Å². The lowest BCUT2D eigenvalue weighted by Gasteiger charge is -2.15. The number of aromatic amines is 1. The summed E-state index contributed by atoms with van der Waals surface area (Å²) in [5.74, 6) is -0.0511. The van der Waals surface area contributed by atoms with Crippen LogP contribution < -0.4 is 0 Å². The molecule has 0 spiro atoms. The van der Waals surface area contributed by atoms with Crippen molar-refractivity contribution in [3.05, 3.63) is 82.7 Å². The van der Waals surface area contributed by atoms with E-state index in [0.717, 1.165) is 26.6 Å². The molecule has 1 N–H and O–H groups in total. The maximum Gasteiger partial charge on any atom is 0.270 e. The Hall–Kier alpha value is -2.86. The van der Waals surface area contributed by atoms with Crippen molar-refractivity contribution in [1.29, 1.82) is 0 Å². The molecule has 6 heteroatoms. The average molecular weight is 409 g/mol. The Bertz CT molecular complexity index is 1070. The fraction of sp³-hybridized carbons (Fsp3) is 0.100. The molecule has 130 valence electrons. The van der Waals surface area contributed by atoms with Gasteiger partial charge in [0, 0.05) is 40.7 Å². The van der Waals surface area contributed by atoms with E-state index in [2.05, 4.69) is 26.0 Å². The number of carbonyl (C=O) groups excluding carboxylic acids is 1. The van der Waals surface area contributed by atoms with Crippen LogP contribution in [0.2, 0.25) is 0 Å². The molecule has 1 amide bonds. The predicted molar refractivity (Wildman–Crippen MR) is 105 cm³/mol. The number of nitrogens with one attached hydrogen (secondary N) is 1. The number of fused-ring (bicyclic) bond motifs is 1. The number of benzene rings is 2. The number of halogens is 1. The molecule has 2 aromatic heterocycles. The SMILES string of the molecule is CN(Cc1cnn(-c2ccccc2)c1)C(=O)c1cc2ccc(Br)cc2[nH]1. The maximum absolute atomic E-state index is 12.7. The number of hydrogen-bond donors (Lipinski definition) is 1. The van der Waals surface area contributed by atoms with Gasteiger partial charge in [0.15, 0.2) is 0 Å². The molecule has 0 aliphatic carbocycles. The summed E-state index contributed by atoms with van der Waals surface area (Å²) in [7, 11) is 1.80. The van der Waals surface area contributed by atoms with Gasteiger partial charge in [-0.2, -0.15) is 5.10 Å². The van der Waals surface area contributed by atoms with E-state index < -0.39 is 0 Å². The summed E-state index contributed by atoms with van der Waals surface area (Å²) in [5.41, 5.74) is 3.49. The van der Waals surface area contributed by atoms with Gasteiger partial charge < -0.3 is 9.88 Å². The van der Waals surface area contributed by atoms with Crippen molar-refractivity contribution in [2.45, 2.75) is 6.54 Å². The monoisotopic (exact) mass is 408 g/mol. The van der Waals surface area contributed by atoms with Crippen molar-refractivity contribution < 1.29 is 4.79 Å². The van der Waals surface area contributed by atoms with Crippen molar-refractivity contribution in [3.8, 4) is 5.69 Å². The van der Waals surface area contributed by atoms with E-state index in [0.29, 0.717) is 12.2 Å². The number of amides is 1. The minimum atomic E-state index is -0.0511. The van der Waals surface area contributed by atoms with Crippen LogP contribution in [0, 0.1) is 0 Å². The summed E-state index contributed by atoms with van der Waals surface area (Å²) in [6, 6.07) is 17.7. The number of H-pyrrole nitrogens is 1. The average Bonchev–Trinajstić information content (AvgIpc) is 3.28.